The molecule has 0 radical (unpaired) electrons. The van der Waals surface area contributed by atoms with E-state index in [1.165, 1.54) is 27.1 Å². The van der Waals surface area contributed by atoms with Gasteiger partial charge in [-0.1, -0.05) is 194 Å². The third kappa shape index (κ3) is 6.32. The second-order valence-corrected chi connectivity index (χ2v) is 16.4. The fourth-order valence-corrected chi connectivity index (χ4v) is 9.82. The van der Waals surface area contributed by atoms with Gasteiger partial charge in [0, 0.05) is 11.1 Å². The third-order valence-electron chi connectivity index (χ3n) is 12.8. The van der Waals surface area contributed by atoms with E-state index in [-0.39, 0.29) is 11.5 Å². The Kier molecular flexibility index (Phi) is 9.32. The highest BCUT2D eigenvalue weighted by Gasteiger charge is 2.28. The maximum Gasteiger partial charge on any atom is 0.145 e. The Morgan fingerprint density at radius 3 is 1.24 bits per heavy atom. The molecule has 5 heteroatoms. The minimum Gasteiger partial charge on any atom is -0.506 e. The van der Waals surface area contributed by atoms with Gasteiger partial charge < -0.3 is 15.1 Å². The van der Waals surface area contributed by atoms with Crippen LogP contribution in [0.4, 0.5) is 17.1 Å². The van der Waals surface area contributed by atoms with E-state index in [0.717, 1.165) is 71.9 Å². The van der Waals surface area contributed by atoms with Crippen LogP contribution in [-0.4, -0.2) is 25.9 Å². The molecule has 0 heterocycles. The van der Waals surface area contributed by atoms with Crippen LogP contribution in [-0.2, 0) is 0 Å². The van der Waals surface area contributed by atoms with Gasteiger partial charge in [0.25, 0.3) is 0 Å². The SMILES string of the molecule is Bc1c(O)c(N(c2ccc(-c3c(-c4ccccc4)c4ccccc4c4ccccc34)cc2)c2cc3ccccc3c3ccccc23)c(O)c(B)c1-c1ccc(-c2ccccc2)cc1. The Bertz CT molecular complexity index is 3510. The third-order valence-corrected chi connectivity index (χ3v) is 12.8. The largest absolute Gasteiger partial charge is 0.506 e. The van der Waals surface area contributed by atoms with Gasteiger partial charge >= 0.3 is 0 Å². The first kappa shape index (κ1) is 38.0. The van der Waals surface area contributed by atoms with E-state index in [4.69, 9.17) is 0 Å². The number of aromatic hydroxyl groups is 2. The Balaban J connectivity index is 1.14. The van der Waals surface area contributed by atoms with Crippen LogP contribution in [0.3, 0.4) is 0 Å². The minimum absolute atomic E-state index is 0.0217. The smallest absolute Gasteiger partial charge is 0.145 e. The topological polar surface area (TPSA) is 43.7 Å². The first-order valence-electron chi connectivity index (χ1n) is 21.5. The second kappa shape index (κ2) is 15.5. The lowest BCUT2D eigenvalue weighted by atomic mass is 9.76. The predicted octanol–water partition coefficient (Wildman–Crippen LogP) is 12.4. The van der Waals surface area contributed by atoms with Crippen molar-refractivity contribution in [1.82, 2.24) is 0 Å². The highest BCUT2D eigenvalue weighted by molar-refractivity contribution is 6.47. The molecule has 0 atom stereocenters. The summed E-state index contributed by atoms with van der Waals surface area (Å²) in [6.45, 7) is 0. The van der Waals surface area contributed by atoms with E-state index in [1.807, 2.05) is 38.8 Å². The van der Waals surface area contributed by atoms with E-state index in [0.29, 0.717) is 16.6 Å². The monoisotopic (exact) mass is 805 g/mol. The Hall–Kier alpha value is -8.01. The quantitative estimate of drug-likeness (QED) is 0.125. The number of rotatable bonds is 7. The standard InChI is InChI=1S/C58H41B2NO2/c59-54-53(40-29-27-37(28-30-40)36-15-3-1-4-16-36)55(60)58(63)56(57(54)62)61(50-35-41-19-7-8-20-43(41)44-21-9-12-24-47(44)50)42-33-31-39(32-34-42)52-49-26-14-11-23-46(49)45-22-10-13-25-48(45)51(52)38-17-5-2-6-18-38/h1-35,62-63H,59-60H2. The van der Waals surface area contributed by atoms with Crippen LogP contribution in [0.2, 0.25) is 0 Å². The van der Waals surface area contributed by atoms with Crippen molar-refractivity contribution in [3.05, 3.63) is 212 Å². The maximum atomic E-state index is 12.6. The molecule has 0 fully saturated rings. The van der Waals surface area contributed by atoms with Crippen molar-refractivity contribution < 1.29 is 10.2 Å². The average molecular weight is 806 g/mol. The van der Waals surface area contributed by atoms with E-state index in [2.05, 4.69) is 194 Å². The first-order valence-corrected chi connectivity index (χ1v) is 21.5. The van der Waals surface area contributed by atoms with Crippen LogP contribution in [0, 0.1) is 0 Å². The fraction of sp³-hybridized carbons (Fsp3) is 0. The molecule has 0 unspecified atom stereocenters. The van der Waals surface area contributed by atoms with E-state index in [1.54, 1.807) is 0 Å². The van der Waals surface area contributed by atoms with E-state index >= 15 is 0 Å². The molecule has 11 rings (SSSR count). The summed E-state index contributed by atoms with van der Waals surface area (Å²) < 4.78 is 0. The molecule has 0 spiro atoms. The predicted molar refractivity (Wildman–Crippen MR) is 273 cm³/mol. The highest BCUT2D eigenvalue weighted by atomic mass is 16.3. The Labute approximate surface area is 368 Å². The fourth-order valence-electron chi connectivity index (χ4n) is 9.82. The second-order valence-electron chi connectivity index (χ2n) is 16.4. The molecule has 2 N–H and O–H groups in total. The van der Waals surface area contributed by atoms with Crippen molar-refractivity contribution in [2.75, 3.05) is 4.90 Å². The summed E-state index contributed by atoms with van der Waals surface area (Å²) in [4.78, 5) is 2.04. The van der Waals surface area contributed by atoms with Crippen molar-refractivity contribution in [1.29, 1.82) is 0 Å². The van der Waals surface area contributed by atoms with Crippen LogP contribution >= 0.6 is 0 Å². The van der Waals surface area contributed by atoms with E-state index in [9.17, 15) is 10.2 Å². The molecule has 11 aromatic carbocycles. The van der Waals surface area contributed by atoms with Crippen molar-refractivity contribution in [3.63, 3.8) is 0 Å². The van der Waals surface area contributed by atoms with Crippen molar-refractivity contribution in [2.45, 2.75) is 0 Å². The summed E-state index contributed by atoms with van der Waals surface area (Å²) in [5.74, 6) is 0.0434. The summed E-state index contributed by atoms with van der Waals surface area (Å²) in [5, 5.41) is 34.2. The number of benzene rings is 11. The molecule has 0 aliphatic rings. The Morgan fingerprint density at radius 2 is 0.683 bits per heavy atom. The zero-order valence-electron chi connectivity index (χ0n) is 35.0. The molecule has 11 aromatic rings. The van der Waals surface area contributed by atoms with Gasteiger partial charge in [-0.2, -0.15) is 0 Å². The summed E-state index contributed by atoms with van der Waals surface area (Å²) in [6, 6.07) is 74.2. The van der Waals surface area contributed by atoms with Gasteiger partial charge in [-0.15, -0.1) is 0 Å². The van der Waals surface area contributed by atoms with Crippen LogP contribution in [0.5, 0.6) is 11.5 Å². The van der Waals surface area contributed by atoms with Gasteiger partial charge in [0.05, 0.1) is 5.69 Å². The molecular weight excluding hydrogens is 764 g/mol. The lowest BCUT2D eigenvalue weighted by Crippen LogP contribution is -2.24. The van der Waals surface area contributed by atoms with Crippen molar-refractivity contribution in [3.8, 4) is 56.0 Å². The Morgan fingerprint density at radius 1 is 0.317 bits per heavy atom. The molecule has 0 amide bonds. The first-order chi connectivity index (χ1) is 31.0. The number of hydrogen-bond donors (Lipinski definition) is 2. The van der Waals surface area contributed by atoms with Gasteiger partial charge in [0.15, 0.2) is 0 Å². The van der Waals surface area contributed by atoms with Crippen LogP contribution in [0.15, 0.2) is 212 Å². The van der Waals surface area contributed by atoms with Crippen LogP contribution in [0.25, 0.3) is 87.6 Å². The van der Waals surface area contributed by atoms with Crippen molar-refractivity contribution >= 4 is 86.8 Å². The number of fused-ring (bicyclic) bond motifs is 6. The molecule has 0 bridgehead atoms. The lowest BCUT2D eigenvalue weighted by molar-refractivity contribution is 0.458. The van der Waals surface area contributed by atoms with Crippen LogP contribution in [0.1, 0.15) is 0 Å². The molecule has 0 aliphatic carbocycles. The summed E-state index contributed by atoms with van der Waals surface area (Å²) in [6.07, 6.45) is 0. The maximum absolute atomic E-state index is 12.6. The molecule has 296 valence electrons. The van der Waals surface area contributed by atoms with Gasteiger partial charge in [-0.25, -0.2) is 0 Å². The molecule has 0 saturated carbocycles. The molecular formula is C58H41B2NO2. The highest BCUT2D eigenvalue weighted by Crippen LogP contribution is 2.50. The number of phenols is 2. The van der Waals surface area contributed by atoms with Gasteiger partial charge in [-0.3, -0.25) is 0 Å². The summed E-state index contributed by atoms with van der Waals surface area (Å²) >= 11 is 0. The molecule has 63 heavy (non-hydrogen) atoms. The number of nitrogens with zero attached hydrogens (tertiary/aromatic N) is 1. The lowest BCUT2D eigenvalue weighted by Gasteiger charge is -2.31. The zero-order chi connectivity index (χ0) is 42.6. The van der Waals surface area contributed by atoms with Gasteiger partial charge in [0.2, 0.25) is 0 Å². The molecule has 3 nitrogen and oxygen atoms in total. The number of anilines is 3. The number of phenolic OH excluding ortho intramolecular Hbond substituents is 2. The van der Waals surface area contributed by atoms with Gasteiger partial charge in [0.1, 0.15) is 32.9 Å². The average Bonchev–Trinajstić information content (AvgIpc) is 3.35. The molecule has 0 saturated heterocycles. The summed E-state index contributed by atoms with van der Waals surface area (Å²) in [5.41, 5.74) is 11.9. The number of hydrogen-bond acceptors (Lipinski definition) is 3. The van der Waals surface area contributed by atoms with E-state index < -0.39 is 0 Å². The van der Waals surface area contributed by atoms with Crippen molar-refractivity contribution in [2.24, 2.45) is 0 Å². The molecule has 0 aromatic heterocycles. The van der Waals surface area contributed by atoms with Crippen LogP contribution < -0.4 is 15.8 Å². The normalized spacial score (nSPS) is 11.4. The summed E-state index contributed by atoms with van der Waals surface area (Å²) in [7, 11) is 3.89. The zero-order valence-corrected chi connectivity index (χ0v) is 35.0. The molecule has 0 aliphatic heterocycles. The van der Waals surface area contributed by atoms with Gasteiger partial charge in [-0.05, 0) is 111 Å². The minimum atomic E-state index is 0.0217.